The molecule has 1 amide bonds. The van der Waals surface area contributed by atoms with Gasteiger partial charge < -0.3 is 10.2 Å². The van der Waals surface area contributed by atoms with Gasteiger partial charge in [0.25, 0.3) is 0 Å². The number of nitrogens with zero attached hydrogens (tertiary/aromatic N) is 3. The highest BCUT2D eigenvalue weighted by atomic mass is 32.2. The van der Waals surface area contributed by atoms with Crippen LogP contribution in [0.3, 0.4) is 0 Å². The maximum absolute atomic E-state index is 15.0. The van der Waals surface area contributed by atoms with Crippen LogP contribution in [0.2, 0.25) is 0 Å². The van der Waals surface area contributed by atoms with Crippen molar-refractivity contribution in [2.45, 2.75) is 61.7 Å². The van der Waals surface area contributed by atoms with Gasteiger partial charge in [-0.3, -0.25) is 4.79 Å². The molecule has 6 rings (SSSR count). The van der Waals surface area contributed by atoms with E-state index in [2.05, 4.69) is 85.0 Å². The Morgan fingerprint density at radius 1 is 0.896 bits per heavy atom. The topological polar surface area (TPSA) is 58.1 Å². The lowest BCUT2D eigenvalue weighted by Crippen LogP contribution is -2.44. The lowest BCUT2D eigenvalue weighted by Gasteiger charge is -2.38. The van der Waals surface area contributed by atoms with E-state index < -0.39 is 22.4 Å². The first-order chi connectivity index (χ1) is 23.4. The van der Waals surface area contributed by atoms with E-state index in [0.29, 0.717) is 18.8 Å². The van der Waals surface area contributed by atoms with E-state index in [1.54, 1.807) is 4.90 Å². The summed E-state index contributed by atoms with van der Waals surface area (Å²) in [6, 6.07) is 34.2. The molecule has 3 unspecified atom stereocenters. The molecule has 1 aromatic heterocycles. The van der Waals surface area contributed by atoms with Gasteiger partial charge in [0.2, 0.25) is 5.91 Å². The molecule has 246 valence electrons. The molecule has 5 aromatic rings. The number of rotatable bonds is 12. The maximum Gasteiger partial charge on any atom is 0.220 e. The number of nitrogens with one attached hydrogen (secondary N) is 1. The molecule has 1 N–H and O–H groups in total. The molecule has 1 aliphatic heterocycles. The van der Waals surface area contributed by atoms with Crippen molar-refractivity contribution >= 4 is 17.7 Å². The first-order valence-corrected chi connectivity index (χ1v) is 17.4. The quantitative estimate of drug-likeness (QED) is 0.136. The Kier molecular flexibility index (Phi) is 10.6. The molecule has 3 atom stereocenters. The zero-order chi connectivity index (χ0) is 33.5. The molecule has 4 aromatic carbocycles. The summed E-state index contributed by atoms with van der Waals surface area (Å²) in [6.45, 7) is 4.13. The Balaban J connectivity index is 1.39. The van der Waals surface area contributed by atoms with Gasteiger partial charge in [0, 0.05) is 49.3 Å². The van der Waals surface area contributed by atoms with Crippen LogP contribution < -0.4 is 5.32 Å². The zero-order valence-electron chi connectivity index (χ0n) is 27.2. The lowest BCUT2D eigenvalue weighted by atomic mass is 9.84. The van der Waals surface area contributed by atoms with Crippen molar-refractivity contribution < 1.29 is 13.6 Å². The molecule has 48 heavy (non-hydrogen) atoms. The van der Waals surface area contributed by atoms with Crippen molar-refractivity contribution in [3.05, 3.63) is 167 Å². The number of halogens is 2. The summed E-state index contributed by atoms with van der Waals surface area (Å²) in [5.74, 6) is -0.909. The molecular formula is C40H40F2N4OS. The van der Waals surface area contributed by atoms with Gasteiger partial charge in [-0.25, -0.2) is 18.7 Å². The van der Waals surface area contributed by atoms with E-state index in [4.69, 9.17) is 9.97 Å². The second-order valence-corrected chi connectivity index (χ2v) is 13.8. The molecule has 0 aliphatic carbocycles. The van der Waals surface area contributed by atoms with Crippen molar-refractivity contribution in [1.82, 2.24) is 20.2 Å². The van der Waals surface area contributed by atoms with E-state index in [-0.39, 0.29) is 29.3 Å². The molecule has 2 heterocycles. The summed E-state index contributed by atoms with van der Waals surface area (Å²) in [7, 11) is 0. The Morgan fingerprint density at radius 3 is 1.98 bits per heavy atom. The normalized spacial score (nSPS) is 16.8. The van der Waals surface area contributed by atoms with Crippen LogP contribution in [0.25, 0.3) is 0 Å². The maximum atomic E-state index is 15.0. The fraction of sp³-hybridized carbons (Fsp3) is 0.275. The Labute approximate surface area is 285 Å². The monoisotopic (exact) mass is 662 g/mol. The highest BCUT2D eigenvalue weighted by molar-refractivity contribution is 8.01. The number of aromatic nitrogens is 2. The second-order valence-electron chi connectivity index (χ2n) is 12.3. The minimum Gasteiger partial charge on any atom is -0.327 e. The molecular weight excluding hydrogens is 623 g/mol. The predicted octanol–water partition coefficient (Wildman–Crippen LogP) is 8.25. The molecule has 0 radical (unpaired) electrons. The number of thioether (sulfide) groups is 1. The van der Waals surface area contributed by atoms with E-state index in [0.717, 1.165) is 36.6 Å². The SMILES string of the molecule is CCCc1cnc(C(C2CC(SC(c3ccccc3)(c3ccccc3)c3ccccc3)CN2)N(Cc2cc(F)ccc2F)C(C)=O)nc1. The Hall–Kier alpha value is -4.40. The summed E-state index contributed by atoms with van der Waals surface area (Å²) < 4.78 is 28.7. The van der Waals surface area contributed by atoms with E-state index in [1.165, 1.54) is 23.6 Å². The molecule has 1 aliphatic rings. The van der Waals surface area contributed by atoms with Crippen LogP contribution in [-0.2, 0) is 22.5 Å². The number of carbonyl (C=O) groups excluding carboxylic acids is 1. The molecule has 5 nitrogen and oxygen atoms in total. The summed E-state index contributed by atoms with van der Waals surface area (Å²) in [6.07, 6.45) is 6.12. The number of hydrogen-bond acceptors (Lipinski definition) is 5. The van der Waals surface area contributed by atoms with Gasteiger partial charge in [-0.2, -0.15) is 0 Å². The van der Waals surface area contributed by atoms with Crippen LogP contribution in [0.5, 0.6) is 0 Å². The lowest BCUT2D eigenvalue weighted by molar-refractivity contribution is -0.133. The van der Waals surface area contributed by atoms with E-state index in [1.807, 2.05) is 42.4 Å². The summed E-state index contributed by atoms with van der Waals surface area (Å²) in [5, 5.41) is 3.83. The highest BCUT2D eigenvalue weighted by Gasteiger charge is 2.44. The van der Waals surface area contributed by atoms with Gasteiger partial charge in [0.15, 0.2) is 5.82 Å². The van der Waals surface area contributed by atoms with Crippen LogP contribution in [0.4, 0.5) is 8.78 Å². The smallest absolute Gasteiger partial charge is 0.220 e. The third-order valence-electron chi connectivity index (χ3n) is 9.01. The zero-order valence-corrected chi connectivity index (χ0v) is 28.0. The Bertz CT molecular complexity index is 1690. The van der Waals surface area contributed by atoms with Gasteiger partial charge in [-0.15, -0.1) is 11.8 Å². The van der Waals surface area contributed by atoms with E-state index in [9.17, 15) is 13.6 Å². The number of benzene rings is 4. The van der Waals surface area contributed by atoms with Crippen molar-refractivity contribution in [2.75, 3.05) is 6.54 Å². The van der Waals surface area contributed by atoms with Crippen molar-refractivity contribution in [1.29, 1.82) is 0 Å². The minimum absolute atomic E-state index is 0.109. The van der Waals surface area contributed by atoms with Crippen molar-refractivity contribution in [2.24, 2.45) is 0 Å². The first-order valence-electron chi connectivity index (χ1n) is 16.5. The molecule has 8 heteroatoms. The fourth-order valence-corrected chi connectivity index (χ4v) is 8.56. The number of amides is 1. The average molecular weight is 663 g/mol. The van der Waals surface area contributed by atoms with Crippen LogP contribution in [-0.4, -0.2) is 38.6 Å². The largest absolute Gasteiger partial charge is 0.327 e. The number of hydrogen-bond donors (Lipinski definition) is 1. The van der Waals surface area contributed by atoms with Crippen molar-refractivity contribution in [3.63, 3.8) is 0 Å². The van der Waals surface area contributed by atoms with Crippen LogP contribution in [0.15, 0.2) is 122 Å². The third-order valence-corrected chi connectivity index (χ3v) is 10.8. The average Bonchev–Trinajstić information content (AvgIpc) is 3.58. The molecule has 1 fully saturated rings. The van der Waals surface area contributed by atoms with E-state index >= 15 is 0 Å². The summed E-state index contributed by atoms with van der Waals surface area (Å²) in [5.41, 5.74) is 4.65. The molecule has 0 spiro atoms. The molecule has 1 saturated heterocycles. The summed E-state index contributed by atoms with van der Waals surface area (Å²) >= 11 is 1.90. The molecule has 0 bridgehead atoms. The van der Waals surface area contributed by atoms with Gasteiger partial charge in [0.1, 0.15) is 17.7 Å². The minimum atomic E-state index is -0.606. The van der Waals surface area contributed by atoms with Crippen LogP contribution in [0.1, 0.15) is 66.4 Å². The van der Waals surface area contributed by atoms with Crippen LogP contribution in [0, 0.1) is 11.6 Å². The predicted molar refractivity (Wildman–Crippen MR) is 188 cm³/mol. The van der Waals surface area contributed by atoms with Gasteiger partial charge in [-0.05, 0) is 53.3 Å². The van der Waals surface area contributed by atoms with Gasteiger partial charge >= 0.3 is 0 Å². The first kappa shape index (κ1) is 33.5. The number of aryl methyl sites for hydroxylation is 1. The van der Waals surface area contributed by atoms with Gasteiger partial charge in [-0.1, -0.05) is 104 Å². The second kappa shape index (κ2) is 15.2. The van der Waals surface area contributed by atoms with Crippen LogP contribution >= 0.6 is 11.8 Å². The standard InChI is InChI=1S/C40H40F2N4OS/c1-3-13-29-24-44-39(45-25-29)38(46(28(2)47)27-30-22-34(41)20-21-36(30)42)37-23-35(26-43-37)48-40(31-14-7-4-8-15-31,32-16-9-5-10-17-32)33-18-11-6-12-19-33/h4-12,14-22,24-25,35,37-38,43H,3,13,23,26-27H2,1-2H3. The Morgan fingerprint density at radius 2 is 1.46 bits per heavy atom. The summed E-state index contributed by atoms with van der Waals surface area (Å²) in [4.78, 5) is 24.5. The highest BCUT2D eigenvalue weighted by Crippen LogP contribution is 2.52. The molecule has 0 saturated carbocycles. The fourth-order valence-electron chi connectivity index (χ4n) is 6.76. The van der Waals surface area contributed by atoms with Gasteiger partial charge in [0.05, 0.1) is 4.75 Å². The van der Waals surface area contributed by atoms with Crippen molar-refractivity contribution in [3.8, 4) is 0 Å². The third kappa shape index (κ3) is 7.20. The number of carbonyl (C=O) groups is 1.